The predicted octanol–water partition coefficient (Wildman–Crippen LogP) is 3.94. The molecule has 0 saturated carbocycles. The zero-order valence-electron chi connectivity index (χ0n) is 10.9. The van der Waals surface area contributed by atoms with Crippen molar-refractivity contribution in [3.05, 3.63) is 34.3 Å². The van der Waals surface area contributed by atoms with Crippen molar-refractivity contribution in [1.29, 1.82) is 0 Å². The van der Waals surface area contributed by atoms with Gasteiger partial charge in [-0.05, 0) is 37.0 Å². The average Bonchev–Trinajstić information content (AvgIpc) is 2.62. The molecule has 1 heterocycles. The maximum absolute atomic E-state index is 11.6. The number of aryl methyl sites for hydroxylation is 1. The number of aromatic nitrogens is 1. The Balaban J connectivity index is 2.42. The summed E-state index contributed by atoms with van der Waals surface area (Å²) in [5.41, 5.74) is 2.46. The lowest BCUT2D eigenvalue weighted by Crippen LogP contribution is -2.11. The number of benzene rings is 1. The molecule has 0 fully saturated rings. The van der Waals surface area contributed by atoms with E-state index >= 15 is 0 Å². The molecule has 0 amide bonds. The molecule has 98 valence electrons. The van der Waals surface area contributed by atoms with Crippen molar-refractivity contribution in [1.82, 2.24) is 4.57 Å². The molecule has 1 atom stereocenters. The number of hydrogen-bond donors (Lipinski definition) is 0. The van der Waals surface area contributed by atoms with Crippen molar-refractivity contribution in [2.24, 2.45) is 5.92 Å². The lowest BCUT2D eigenvalue weighted by atomic mass is 10.0. The third kappa shape index (κ3) is 2.46. The van der Waals surface area contributed by atoms with Crippen molar-refractivity contribution >= 4 is 22.7 Å². The quantitative estimate of drug-likeness (QED) is 0.787. The van der Waals surface area contributed by atoms with Crippen LogP contribution in [0, 0.1) is 5.92 Å². The molecular formula is C14H18ClNO2. The standard InChI is InChI=1S/C14H18ClNO2/c1-4-16-12-6-5-10(11(15)7-9(2)3)8-13(12)18-14(16)17/h5-6,8-9,11H,4,7H2,1-3H3. The summed E-state index contributed by atoms with van der Waals surface area (Å²) in [5.74, 6) is 0.232. The lowest BCUT2D eigenvalue weighted by molar-refractivity contribution is 0.512. The van der Waals surface area contributed by atoms with Gasteiger partial charge in [-0.15, -0.1) is 11.6 Å². The van der Waals surface area contributed by atoms with Gasteiger partial charge in [0.2, 0.25) is 0 Å². The largest absolute Gasteiger partial charge is 0.419 e. The van der Waals surface area contributed by atoms with Crippen LogP contribution in [0.3, 0.4) is 0 Å². The van der Waals surface area contributed by atoms with Gasteiger partial charge in [-0.1, -0.05) is 19.9 Å². The van der Waals surface area contributed by atoms with E-state index < -0.39 is 0 Å². The first kappa shape index (κ1) is 13.2. The van der Waals surface area contributed by atoms with Crippen LogP contribution in [0.15, 0.2) is 27.4 Å². The van der Waals surface area contributed by atoms with Crippen molar-refractivity contribution in [3.63, 3.8) is 0 Å². The van der Waals surface area contributed by atoms with Gasteiger partial charge in [-0.25, -0.2) is 4.79 Å². The van der Waals surface area contributed by atoms with Crippen molar-refractivity contribution < 1.29 is 4.42 Å². The van der Waals surface area contributed by atoms with E-state index in [1.807, 2.05) is 25.1 Å². The maximum atomic E-state index is 11.6. The molecule has 0 N–H and O–H groups in total. The van der Waals surface area contributed by atoms with Gasteiger partial charge < -0.3 is 4.42 Å². The van der Waals surface area contributed by atoms with E-state index in [1.54, 1.807) is 4.57 Å². The Labute approximate surface area is 111 Å². The third-order valence-electron chi connectivity index (χ3n) is 3.05. The Hall–Kier alpha value is -1.22. The number of oxazole rings is 1. The molecular weight excluding hydrogens is 250 g/mol. The van der Waals surface area contributed by atoms with E-state index in [4.69, 9.17) is 16.0 Å². The highest BCUT2D eigenvalue weighted by Gasteiger charge is 2.13. The summed E-state index contributed by atoms with van der Waals surface area (Å²) >= 11 is 6.36. The summed E-state index contributed by atoms with van der Waals surface area (Å²) in [6.07, 6.45) is 0.909. The second kappa shape index (κ2) is 5.19. The molecule has 0 saturated heterocycles. The molecule has 2 rings (SSSR count). The molecule has 0 bridgehead atoms. The minimum absolute atomic E-state index is 0.0373. The molecule has 3 nitrogen and oxygen atoms in total. The van der Waals surface area contributed by atoms with Gasteiger partial charge in [-0.2, -0.15) is 0 Å². The first-order valence-electron chi connectivity index (χ1n) is 6.30. The van der Waals surface area contributed by atoms with E-state index in [2.05, 4.69) is 13.8 Å². The maximum Gasteiger partial charge on any atom is 0.419 e. The summed E-state index contributed by atoms with van der Waals surface area (Å²) in [6.45, 7) is 6.82. The van der Waals surface area contributed by atoms with E-state index in [0.717, 1.165) is 17.5 Å². The summed E-state index contributed by atoms with van der Waals surface area (Å²) in [4.78, 5) is 11.6. The Morgan fingerprint density at radius 1 is 1.39 bits per heavy atom. The number of rotatable bonds is 4. The molecule has 1 unspecified atom stereocenters. The highest BCUT2D eigenvalue weighted by Crippen LogP contribution is 2.29. The van der Waals surface area contributed by atoms with Gasteiger partial charge in [0.1, 0.15) is 0 Å². The summed E-state index contributed by atoms with van der Waals surface area (Å²) in [6, 6.07) is 5.77. The lowest BCUT2D eigenvalue weighted by Gasteiger charge is -2.12. The minimum atomic E-state index is -0.306. The van der Waals surface area contributed by atoms with Crippen molar-refractivity contribution in [3.8, 4) is 0 Å². The molecule has 4 heteroatoms. The van der Waals surface area contributed by atoms with Crippen LogP contribution in [-0.4, -0.2) is 4.57 Å². The van der Waals surface area contributed by atoms with E-state index in [0.29, 0.717) is 18.0 Å². The van der Waals surface area contributed by atoms with Crippen LogP contribution in [0.5, 0.6) is 0 Å². The van der Waals surface area contributed by atoms with Gasteiger partial charge in [-0.3, -0.25) is 4.57 Å². The summed E-state index contributed by atoms with van der Waals surface area (Å²) in [5, 5.41) is -0.0373. The normalized spacial score (nSPS) is 13.4. The Morgan fingerprint density at radius 2 is 2.11 bits per heavy atom. The zero-order chi connectivity index (χ0) is 13.3. The highest BCUT2D eigenvalue weighted by molar-refractivity contribution is 6.20. The predicted molar refractivity (Wildman–Crippen MR) is 74.2 cm³/mol. The van der Waals surface area contributed by atoms with Crippen LogP contribution in [0.25, 0.3) is 11.1 Å². The second-order valence-electron chi connectivity index (χ2n) is 4.94. The summed E-state index contributed by atoms with van der Waals surface area (Å²) in [7, 11) is 0. The Kier molecular flexibility index (Phi) is 3.81. The van der Waals surface area contributed by atoms with Gasteiger partial charge in [0, 0.05) is 6.54 Å². The van der Waals surface area contributed by atoms with Gasteiger partial charge in [0.05, 0.1) is 10.9 Å². The van der Waals surface area contributed by atoms with Crippen LogP contribution in [-0.2, 0) is 6.54 Å². The van der Waals surface area contributed by atoms with Crippen molar-refractivity contribution in [2.45, 2.75) is 39.1 Å². The van der Waals surface area contributed by atoms with Crippen LogP contribution in [0.1, 0.15) is 38.1 Å². The van der Waals surface area contributed by atoms with Crippen LogP contribution in [0.4, 0.5) is 0 Å². The van der Waals surface area contributed by atoms with Crippen LogP contribution < -0.4 is 5.76 Å². The first-order chi connectivity index (χ1) is 8.52. The topological polar surface area (TPSA) is 35.1 Å². The van der Waals surface area contributed by atoms with E-state index in [9.17, 15) is 4.79 Å². The van der Waals surface area contributed by atoms with Gasteiger partial charge in [0.15, 0.2) is 5.58 Å². The minimum Gasteiger partial charge on any atom is -0.408 e. The molecule has 0 aliphatic carbocycles. The fraction of sp³-hybridized carbons (Fsp3) is 0.500. The smallest absolute Gasteiger partial charge is 0.408 e. The molecule has 0 aliphatic rings. The average molecular weight is 268 g/mol. The fourth-order valence-corrected chi connectivity index (χ4v) is 2.62. The molecule has 2 aromatic rings. The SMILES string of the molecule is CCn1c(=O)oc2cc(C(Cl)CC(C)C)ccc21. The van der Waals surface area contributed by atoms with E-state index in [-0.39, 0.29) is 11.1 Å². The van der Waals surface area contributed by atoms with Crippen molar-refractivity contribution in [2.75, 3.05) is 0 Å². The zero-order valence-corrected chi connectivity index (χ0v) is 11.7. The second-order valence-corrected chi connectivity index (χ2v) is 5.46. The number of halogens is 1. The van der Waals surface area contributed by atoms with E-state index in [1.165, 1.54) is 0 Å². The highest BCUT2D eigenvalue weighted by atomic mass is 35.5. The molecule has 1 aromatic carbocycles. The Morgan fingerprint density at radius 3 is 2.72 bits per heavy atom. The van der Waals surface area contributed by atoms with Gasteiger partial charge in [0.25, 0.3) is 0 Å². The number of nitrogens with zero attached hydrogens (tertiary/aromatic N) is 1. The summed E-state index contributed by atoms with van der Waals surface area (Å²) < 4.78 is 6.85. The Bertz CT molecular complexity index is 597. The third-order valence-corrected chi connectivity index (χ3v) is 3.48. The van der Waals surface area contributed by atoms with Crippen LogP contribution in [0.2, 0.25) is 0 Å². The first-order valence-corrected chi connectivity index (χ1v) is 6.74. The molecule has 0 aliphatic heterocycles. The van der Waals surface area contributed by atoms with Crippen LogP contribution >= 0.6 is 11.6 Å². The molecule has 1 aromatic heterocycles. The monoisotopic (exact) mass is 267 g/mol. The number of hydrogen-bond acceptors (Lipinski definition) is 2. The van der Waals surface area contributed by atoms with Gasteiger partial charge >= 0.3 is 5.76 Å². The molecule has 18 heavy (non-hydrogen) atoms. The molecule has 0 spiro atoms. The fourth-order valence-electron chi connectivity index (χ4n) is 2.13. The number of fused-ring (bicyclic) bond motifs is 1. The molecule has 0 radical (unpaired) electrons. The number of alkyl halides is 1.